The SMILES string of the molecule is NC(=O)c1cc(N)cc(Cl)c1NC1CCN2CCCC2C1. The second-order valence-corrected chi connectivity index (χ2v) is 6.39. The monoisotopic (exact) mass is 308 g/mol. The number of rotatable bonds is 3. The number of carbonyl (C=O) groups is 1. The lowest BCUT2D eigenvalue weighted by atomic mass is 9.97. The molecule has 2 aliphatic rings. The Labute approximate surface area is 129 Å². The van der Waals surface area contributed by atoms with Crippen molar-refractivity contribution in [1.29, 1.82) is 0 Å². The molecule has 0 aromatic heterocycles. The zero-order chi connectivity index (χ0) is 15.0. The van der Waals surface area contributed by atoms with E-state index in [1.165, 1.54) is 19.4 Å². The quantitative estimate of drug-likeness (QED) is 0.746. The predicted molar refractivity (Wildman–Crippen MR) is 85.6 cm³/mol. The van der Waals surface area contributed by atoms with Crippen molar-refractivity contribution in [1.82, 2.24) is 4.90 Å². The normalized spacial score (nSPS) is 25.6. The summed E-state index contributed by atoms with van der Waals surface area (Å²) in [6, 6.07) is 4.21. The van der Waals surface area contributed by atoms with Crippen molar-refractivity contribution in [2.75, 3.05) is 24.1 Å². The van der Waals surface area contributed by atoms with E-state index in [0.29, 0.717) is 34.0 Å². The van der Waals surface area contributed by atoms with Gasteiger partial charge in [0.15, 0.2) is 0 Å². The Morgan fingerprint density at radius 3 is 2.90 bits per heavy atom. The standard InChI is InChI=1S/C15H21ClN4O/c16-13-7-9(17)6-12(15(18)21)14(13)19-10-3-5-20-4-1-2-11(20)8-10/h6-7,10-11,19H,1-5,8,17H2,(H2,18,21). The molecule has 3 rings (SSSR count). The topological polar surface area (TPSA) is 84.4 Å². The lowest BCUT2D eigenvalue weighted by molar-refractivity contribution is 0.100. The van der Waals surface area contributed by atoms with Crippen molar-refractivity contribution in [2.24, 2.45) is 5.73 Å². The maximum atomic E-state index is 11.6. The third-order valence-electron chi connectivity index (χ3n) is 4.55. The molecule has 2 aliphatic heterocycles. The summed E-state index contributed by atoms with van der Waals surface area (Å²) in [4.78, 5) is 14.2. The van der Waals surface area contributed by atoms with E-state index in [4.69, 9.17) is 23.1 Å². The summed E-state index contributed by atoms with van der Waals surface area (Å²) >= 11 is 6.25. The first-order chi connectivity index (χ1) is 10.0. The van der Waals surface area contributed by atoms with Crippen LogP contribution in [0.25, 0.3) is 0 Å². The van der Waals surface area contributed by atoms with Crippen LogP contribution in [-0.4, -0.2) is 36.0 Å². The third-order valence-corrected chi connectivity index (χ3v) is 4.85. The summed E-state index contributed by atoms with van der Waals surface area (Å²) in [7, 11) is 0. The molecule has 1 amide bonds. The number of primary amides is 1. The summed E-state index contributed by atoms with van der Waals surface area (Å²) < 4.78 is 0. The van der Waals surface area contributed by atoms with Gasteiger partial charge in [-0.05, 0) is 44.4 Å². The molecule has 0 saturated carbocycles. The largest absolute Gasteiger partial charge is 0.399 e. The molecule has 5 N–H and O–H groups in total. The van der Waals surface area contributed by atoms with E-state index in [-0.39, 0.29) is 0 Å². The number of benzene rings is 1. The molecule has 21 heavy (non-hydrogen) atoms. The minimum atomic E-state index is -0.509. The molecule has 2 fully saturated rings. The number of nitrogens with two attached hydrogens (primary N) is 2. The minimum Gasteiger partial charge on any atom is -0.399 e. The first-order valence-electron chi connectivity index (χ1n) is 7.44. The molecule has 0 aliphatic carbocycles. The number of nitrogen functional groups attached to an aromatic ring is 1. The van der Waals surface area contributed by atoms with Gasteiger partial charge in [0.25, 0.3) is 5.91 Å². The van der Waals surface area contributed by atoms with E-state index in [1.807, 2.05) is 0 Å². The van der Waals surface area contributed by atoms with Crippen LogP contribution in [0.5, 0.6) is 0 Å². The highest BCUT2D eigenvalue weighted by atomic mass is 35.5. The van der Waals surface area contributed by atoms with Crippen LogP contribution in [0, 0.1) is 0 Å². The fraction of sp³-hybridized carbons (Fsp3) is 0.533. The number of anilines is 2. The number of nitrogens with one attached hydrogen (secondary N) is 1. The molecule has 0 spiro atoms. The second kappa shape index (κ2) is 5.73. The van der Waals surface area contributed by atoms with Crippen molar-refractivity contribution < 1.29 is 4.79 Å². The van der Waals surface area contributed by atoms with Gasteiger partial charge in [-0.2, -0.15) is 0 Å². The van der Waals surface area contributed by atoms with E-state index in [9.17, 15) is 4.79 Å². The average molecular weight is 309 g/mol. The fourth-order valence-electron chi connectivity index (χ4n) is 3.53. The van der Waals surface area contributed by atoms with E-state index < -0.39 is 5.91 Å². The predicted octanol–water partition coefficient (Wildman–Crippen LogP) is 2.06. The molecule has 0 radical (unpaired) electrons. The van der Waals surface area contributed by atoms with Gasteiger partial charge in [-0.3, -0.25) is 4.79 Å². The minimum absolute atomic E-state index is 0.323. The number of piperidine rings is 1. The Morgan fingerprint density at radius 2 is 2.14 bits per heavy atom. The first-order valence-corrected chi connectivity index (χ1v) is 7.82. The van der Waals surface area contributed by atoms with Gasteiger partial charge in [0.2, 0.25) is 0 Å². The van der Waals surface area contributed by atoms with Gasteiger partial charge in [0.05, 0.1) is 16.3 Å². The maximum Gasteiger partial charge on any atom is 0.250 e. The molecule has 2 heterocycles. The van der Waals surface area contributed by atoms with Crippen LogP contribution < -0.4 is 16.8 Å². The van der Waals surface area contributed by atoms with Crippen LogP contribution in [0.4, 0.5) is 11.4 Å². The van der Waals surface area contributed by atoms with Crippen molar-refractivity contribution >= 4 is 28.9 Å². The molecule has 6 heteroatoms. The Bertz CT molecular complexity index is 563. The molecule has 1 aromatic rings. The molecule has 2 saturated heterocycles. The lowest BCUT2D eigenvalue weighted by Gasteiger charge is -2.36. The van der Waals surface area contributed by atoms with Crippen LogP contribution in [0.3, 0.4) is 0 Å². The van der Waals surface area contributed by atoms with Crippen LogP contribution in [0.15, 0.2) is 12.1 Å². The summed E-state index contributed by atoms with van der Waals surface area (Å²) in [5.41, 5.74) is 12.6. The van der Waals surface area contributed by atoms with E-state index in [2.05, 4.69) is 10.2 Å². The Balaban J connectivity index is 1.80. The molecule has 1 aromatic carbocycles. The second-order valence-electron chi connectivity index (χ2n) is 5.99. The zero-order valence-corrected chi connectivity index (χ0v) is 12.7. The van der Waals surface area contributed by atoms with Crippen molar-refractivity contribution in [3.8, 4) is 0 Å². The Hall–Kier alpha value is -1.46. The zero-order valence-electron chi connectivity index (χ0n) is 11.9. The number of hydrogen-bond acceptors (Lipinski definition) is 4. The lowest BCUT2D eigenvalue weighted by Crippen LogP contribution is -2.43. The maximum absolute atomic E-state index is 11.6. The molecule has 0 bridgehead atoms. The molecule has 2 atom stereocenters. The summed E-state index contributed by atoms with van der Waals surface area (Å²) in [5.74, 6) is -0.509. The smallest absolute Gasteiger partial charge is 0.250 e. The first kappa shape index (κ1) is 14.5. The number of fused-ring (bicyclic) bond motifs is 1. The van der Waals surface area contributed by atoms with Crippen LogP contribution in [0.1, 0.15) is 36.0 Å². The van der Waals surface area contributed by atoms with Crippen LogP contribution in [0.2, 0.25) is 5.02 Å². The van der Waals surface area contributed by atoms with Gasteiger partial charge >= 0.3 is 0 Å². The van der Waals surface area contributed by atoms with Gasteiger partial charge < -0.3 is 21.7 Å². The average Bonchev–Trinajstić information content (AvgIpc) is 2.88. The number of halogens is 1. The number of nitrogens with zero attached hydrogens (tertiary/aromatic N) is 1. The fourth-order valence-corrected chi connectivity index (χ4v) is 3.81. The van der Waals surface area contributed by atoms with Gasteiger partial charge in [-0.25, -0.2) is 0 Å². The highest BCUT2D eigenvalue weighted by Gasteiger charge is 2.32. The number of carbonyl (C=O) groups excluding carboxylic acids is 1. The van der Waals surface area contributed by atoms with E-state index in [0.717, 1.165) is 19.4 Å². The number of amides is 1. The van der Waals surface area contributed by atoms with Crippen LogP contribution >= 0.6 is 11.6 Å². The third kappa shape index (κ3) is 2.94. The Morgan fingerprint density at radius 1 is 1.33 bits per heavy atom. The molecule has 5 nitrogen and oxygen atoms in total. The highest BCUT2D eigenvalue weighted by Crippen LogP contribution is 2.33. The Kier molecular flexibility index (Phi) is 3.95. The van der Waals surface area contributed by atoms with Gasteiger partial charge in [0, 0.05) is 24.3 Å². The van der Waals surface area contributed by atoms with Gasteiger partial charge in [-0.1, -0.05) is 11.6 Å². The molecule has 2 unspecified atom stereocenters. The molecular formula is C15H21ClN4O. The van der Waals surface area contributed by atoms with E-state index in [1.54, 1.807) is 12.1 Å². The van der Waals surface area contributed by atoms with Gasteiger partial charge in [-0.15, -0.1) is 0 Å². The summed E-state index contributed by atoms with van der Waals surface area (Å²) in [6.07, 6.45) is 4.68. The molecule has 114 valence electrons. The van der Waals surface area contributed by atoms with E-state index >= 15 is 0 Å². The van der Waals surface area contributed by atoms with Crippen molar-refractivity contribution in [2.45, 2.75) is 37.8 Å². The number of hydrogen-bond donors (Lipinski definition) is 3. The van der Waals surface area contributed by atoms with Gasteiger partial charge in [0.1, 0.15) is 0 Å². The highest BCUT2D eigenvalue weighted by molar-refractivity contribution is 6.34. The van der Waals surface area contributed by atoms with Crippen molar-refractivity contribution in [3.63, 3.8) is 0 Å². The van der Waals surface area contributed by atoms with Crippen molar-refractivity contribution in [3.05, 3.63) is 22.7 Å². The van der Waals surface area contributed by atoms with Crippen LogP contribution in [-0.2, 0) is 0 Å². The molecular weight excluding hydrogens is 288 g/mol. The summed E-state index contributed by atoms with van der Waals surface area (Å²) in [5, 5.41) is 3.88. The summed E-state index contributed by atoms with van der Waals surface area (Å²) in [6.45, 7) is 2.31.